The summed E-state index contributed by atoms with van der Waals surface area (Å²) in [6.45, 7) is 4.42. The highest BCUT2D eigenvalue weighted by Crippen LogP contribution is 2.13. The van der Waals surface area contributed by atoms with Gasteiger partial charge in [-0.3, -0.25) is 13.9 Å². The number of furan rings is 1. The van der Waals surface area contributed by atoms with Crippen LogP contribution in [0.15, 0.2) is 32.4 Å². The summed E-state index contributed by atoms with van der Waals surface area (Å²) in [5.41, 5.74) is 0.193. The van der Waals surface area contributed by atoms with Gasteiger partial charge in [-0.15, -0.1) is 0 Å². The van der Waals surface area contributed by atoms with Crippen LogP contribution >= 0.6 is 0 Å². The smallest absolute Gasteiger partial charge is 0.332 e. The standard InChI is InChI=1S/C16H18N4O3/c1-4-19-14-13(15(21)20(5-2)16(19)22)18(3)12(17-14)9-8-11-7-6-10-23-11/h6-10H,4-5H2,1-3H3. The van der Waals surface area contributed by atoms with Crippen LogP contribution in [0.5, 0.6) is 0 Å². The SMILES string of the molecule is CCn1c(=O)c2c(nc(C=Cc3ccco3)n2C)n(CC)c1=O. The van der Waals surface area contributed by atoms with E-state index in [-0.39, 0.29) is 11.2 Å². The molecule has 120 valence electrons. The molecule has 7 nitrogen and oxygen atoms in total. The molecule has 0 spiro atoms. The zero-order valence-electron chi connectivity index (χ0n) is 13.3. The van der Waals surface area contributed by atoms with E-state index in [4.69, 9.17) is 4.42 Å². The maximum absolute atomic E-state index is 12.6. The van der Waals surface area contributed by atoms with E-state index in [1.807, 2.05) is 13.0 Å². The van der Waals surface area contributed by atoms with Crippen LogP contribution in [-0.2, 0) is 20.1 Å². The van der Waals surface area contributed by atoms with E-state index in [2.05, 4.69) is 4.98 Å². The monoisotopic (exact) mass is 314 g/mol. The van der Waals surface area contributed by atoms with Crippen molar-refractivity contribution in [3.63, 3.8) is 0 Å². The molecular weight excluding hydrogens is 296 g/mol. The maximum Gasteiger partial charge on any atom is 0.332 e. The number of imidazole rings is 1. The first-order valence-corrected chi connectivity index (χ1v) is 7.50. The number of nitrogens with zero attached hydrogens (tertiary/aromatic N) is 4. The lowest BCUT2D eigenvalue weighted by Crippen LogP contribution is -2.39. The quantitative estimate of drug-likeness (QED) is 0.734. The Labute approximate surface area is 132 Å². The van der Waals surface area contributed by atoms with Crippen molar-refractivity contribution >= 4 is 23.3 Å². The third kappa shape index (κ3) is 2.34. The molecular formula is C16H18N4O3. The molecule has 0 amide bonds. The van der Waals surface area contributed by atoms with Gasteiger partial charge in [0.25, 0.3) is 5.56 Å². The van der Waals surface area contributed by atoms with Crippen LogP contribution in [0.2, 0.25) is 0 Å². The molecule has 0 fully saturated rings. The Morgan fingerprint density at radius 1 is 1.17 bits per heavy atom. The van der Waals surface area contributed by atoms with Gasteiger partial charge < -0.3 is 8.98 Å². The molecule has 3 aromatic heterocycles. The molecule has 3 rings (SSSR count). The number of aromatic nitrogens is 4. The van der Waals surface area contributed by atoms with Crippen LogP contribution in [0.1, 0.15) is 25.4 Å². The van der Waals surface area contributed by atoms with Crippen molar-refractivity contribution in [3.8, 4) is 0 Å². The van der Waals surface area contributed by atoms with Gasteiger partial charge in [-0.05, 0) is 38.1 Å². The Morgan fingerprint density at radius 3 is 2.52 bits per heavy atom. The van der Waals surface area contributed by atoms with Gasteiger partial charge in [0.15, 0.2) is 11.2 Å². The summed E-state index contributed by atoms with van der Waals surface area (Å²) in [4.78, 5) is 29.4. The highest BCUT2D eigenvalue weighted by molar-refractivity contribution is 5.76. The molecule has 7 heteroatoms. The number of hydrogen-bond acceptors (Lipinski definition) is 4. The summed E-state index contributed by atoms with van der Waals surface area (Å²) < 4.78 is 9.70. The average molecular weight is 314 g/mol. The molecule has 23 heavy (non-hydrogen) atoms. The molecule has 0 saturated heterocycles. The maximum atomic E-state index is 12.6. The molecule has 0 atom stereocenters. The Hall–Kier alpha value is -2.83. The van der Waals surface area contributed by atoms with Gasteiger partial charge in [0.05, 0.1) is 6.26 Å². The van der Waals surface area contributed by atoms with Gasteiger partial charge in [-0.1, -0.05) is 0 Å². The lowest BCUT2D eigenvalue weighted by Gasteiger charge is -2.07. The Kier molecular flexibility index (Phi) is 3.77. The Balaban J connectivity index is 2.28. The average Bonchev–Trinajstić information content (AvgIpc) is 3.14. The van der Waals surface area contributed by atoms with Crippen LogP contribution < -0.4 is 11.2 Å². The number of aryl methyl sites for hydroxylation is 2. The van der Waals surface area contributed by atoms with Crippen molar-refractivity contribution < 1.29 is 4.42 Å². The fourth-order valence-corrected chi connectivity index (χ4v) is 2.64. The van der Waals surface area contributed by atoms with Crippen molar-refractivity contribution in [1.82, 2.24) is 18.7 Å². The van der Waals surface area contributed by atoms with Crippen molar-refractivity contribution in [2.75, 3.05) is 0 Å². The minimum absolute atomic E-state index is 0.315. The van der Waals surface area contributed by atoms with Crippen LogP contribution in [0.4, 0.5) is 0 Å². The summed E-state index contributed by atoms with van der Waals surface area (Å²) in [5.74, 6) is 1.28. The second-order valence-electron chi connectivity index (χ2n) is 5.13. The van der Waals surface area contributed by atoms with Gasteiger partial charge in [-0.2, -0.15) is 0 Å². The fraction of sp³-hybridized carbons (Fsp3) is 0.312. The molecule has 0 aliphatic carbocycles. The second-order valence-corrected chi connectivity index (χ2v) is 5.13. The predicted molar refractivity (Wildman–Crippen MR) is 88.2 cm³/mol. The summed E-state index contributed by atoms with van der Waals surface area (Å²) in [5, 5.41) is 0. The third-order valence-electron chi connectivity index (χ3n) is 3.85. The Morgan fingerprint density at radius 2 is 1.91 bits per heavy atom. The van der Waals surface area contributed by atoms with Gasteiger partial charge >= 0.3 is 5.69 Å². The van der Waals surface area contributed by atoms with Gasteiger partial charge in [0, 0.05) is 20.1 Å². The van der Waals surface area contributed by atoms with E-state index in [0.717, 1.165) is 0 Å². The molecule has 0 aliphatic rings. The van der Waals surface area contributed by atoms with Gasteiger partial charge in [0.2, 0.25) is 0 Å². The molecule has 0 aromatic carbocycles. The molecule has 0 radical (unpaired) electrons. The van der Waals surface area contributed by atoms with Crippen LogP contribution in [0.3, 0.4) is 0 Å². The molecule has 0 N–H and O–H groups in total. The first-order chi connectivity index (χ1) is 11.1. The van der Waals surface area contributed by atoms with E-state index < -0.39 is 0 Å². The predicted octanol–water partition coefficient (Wildman–Crippen LogP) is 1.70. The lowest BCUT2D eigenvalue weighted by atomic mass is 10.4. The molecule has 0 bridgehead atoms. The first kappa shape index (κ1) is 15.1. The third-order valence-corrected chi connectivity index (χ3v) is 3.85. The van der Waals surface area contributed by atoms with E-state index >= 15 is 0 Å². The largest absolute Gasteiger partial charge is 0.465 e. The minimum atomic E-state index is -0.327. The summed E-state index contributed by atoms with van der Waals surface area (Å²) >= 11 is 0. The van der Waals surface area contributed by atoms with Crippen molar-refractivity contribution in [2.24, 2.45) is 7.05 Å². The molecule has 0 unspecified atom stereocenters. The van der Waals surface area contributed by atoms with E-state index in [0.29, 0.717) is 35.8 Å². The van der Waals surface area contributed by atoms with Gasteiger partial charge in [0.1, 0.15) is 11.6 Å². The summed E-state index contributed by atoms with van der Waals surface area (Å²) in [7, 11) is 1.77. The topological polar surface area (TPSA) is 75.0 Å². The molecule has 3 aromatic rings. The minimum Gasteiger partial charge on any atom is -0.465 e. The Bertz CT molecular complexity index is 987. The van der Waals surface area contributed by atoms with Crippen LogP contribution in [-0.4, -0.2) is 18.7 Å². The van der Waals surface area contributed by atoms with Crippen molar-refractivity contribution in [2.45, 2.75) is 26.9 Å². The normalized spacial score (nSPS) is 11.8. The first-order valence-electron chi connectivity index (χ1n) is 7.50. The number of rotatable bonds is 4. The van der Waals surface area contributed by atoms with Crippen molar-refractivity contribution in [3.05, 3.63) is 50.8 Å². The van der Waals surface area contributed by atoms with Crippen LogP contribution in [0, 0.1) is 0 Å². The molecule has 3 heterocycles. The number of hydrogen-bond donors (Lipinski definition) is 0. The summed E-state index contributed by atoms with van der Waals surface area (Å²) in [6, 6.07) is 3.62. The number of fused-ring (bicyclic) bond motifs is 1. The van der Waals surface area contributed by atoms with E-state index in [1.54, 1.807) is 43.0 Å². The zero-order valence-corrected chi connectivity index (χ0v) is 13.3. The summed E-state index contributed by atoms with van der Waals surface area (Å²) in [6.07, 6.45) is 5.12. The van der Waals surface area contributed by atoms with E-state index in [9.17, 15) is 9.59 Å². The highest BCUT2D eigenvalue weighted by atomic mass is 16.3. The van der Waals surface area contributed by atoms with Gasteiger partial charge in [-0.25, -0.2) is 9.78 Å². The van der Waals surface area contributed by atoms with Crippen LogP contribution in [0.25, 0.3) is 23.3 Å². The highest BCUT2D eigenvalue weighted by Gasteiger charge is 2.17. The molecule has 0 saturated carbocycles. The molecule has 0 aliphatic heterocycles. The second kappa shape index (κ2) is 5.75. The lowest BCUT2D eigenvalue weighted by molar-refractivity contribution is 0.557. The zero-order chi connectivity index (χ0) is 16.6. The van der Waals surface area contributed by atoms with Crippen molar-refractivity contribution in [1.29, 1.82) is 0 Å². The van der Waals surface area contributed by atoms with E-state index in [1.165, 1.54) is 9.13 Å². The fourth-order valence-electron chi connectivity index (χ4n) is 2.64.